The molecular formula is C92H206. The van der Waals surface area contributed by atoms with Crippen molar-refractivity contribution in [3.63, 3.8) is 0 Å². The molecule has 0 aromatic carbocycles. The highest BCUT2D eigenvalue weighted by atomic mass is 14.2. The van der Waals surface area contributed by atoms with Crippen LogP contribution in [0.25, 0.3) is 0 Å². The molecule has 2 atom stereocenters. The average molecular weight is 1310 g/mol. The van der Waals surface area contributed by atoms with Crippen LogP contribution in [0.3, 0.4) is 0 Å². The minimum atomic E-state index is 0.564. The van der Waals surface area contributed by atoms with Crippen LogP contribution in [0, 0.1) is 39.9 Å². The Hall–Kier alpha value is 0. The number of unbranched alkanes of at least 4 members (excludes halogenated alkanes) is 34. The molecule has 0 bridgehead atoms. The Morgan fingerprint density at radius 2 is 0.391 bits per heavy atom. The summed E-state index contributed by atoms with van der Waals surface area (Å²) in [4.78, 5) is 0. The SMILES string of the molecule is CCC(C)(C)CC.CCC(C)C.CCCC.CCCC(C)(C)CC(C)CC.CCCC(C)C.CCCC(C)CC(C)(C)CC.CCCCCC.CCCCCCCC.CCCCCCCCC.CCCCCCCCCCC.CCCCCCCCCCCCCC. The Labute approximate surface area is 598 Å². The fraction of sp³-hybridized carbons (Fsp3) is 1.00. The molecule has 0 nitrogen and oxygen atoms in total. The van der Waals surface area contributed by atoms with Crippen molar-refractivity contribution >= 4 is 0 Å². The highest BCUT2D eigenvalue weighted by Gasteiger charge is 2.19. The lowest BCUT2D eigenvalue weighted by Gasteiger charge is -2.27. The third-order valence-corrected chi connectivity index (χ3v) is 18.5. The van der Waals surface area contributed by atoms with E-state index in [-0.39, 0.29) is 0 Å². The van der Waals surface area contributed by atoms with Crippen molar-refractivity contribution in [3.8, 4) is 0 Å². The summed E-state index contributed by atoms with van der Waals surface area (Å²) in [5, 5.41) is 0. The van der Waals surface area contributed by atoms with Crippen LogP contribution < -0.4 is 0 Å². The van der Waals surface area contributed by atoms with Crippen molar-refractivity contribution in [3.05, 3.63) is 0 Å². The van der Waals surface area contributed by atoms with Crippen molar-refractivity contribution in [2.24, 2.45) is 39.9 Å². The maximum atomic E-state index is 2.39. The fourth-order valence-electron chi connectivity index (χ4n) is 10.1. The minimum absolute atomic E-state index is 0.564. The Bertz CT molecular complexity index is 998. The van der Waals surface area contributed by atoms with Crippen molar-refractivity contribution in [2.75, 3.05) is 0 Å². The van der Waals surface area contributed by atoms with E-state index in [0.717, 1.165) is 23.7 Å². The Morgan fingerprint density at radius 3 is 0.522 bits per heavy atom. The van der Waals surface area contributed by atoms with Gasteiger partial charge in [0.05, 0.1) is 0 Å². The van der Waals surface area contributed by atoms with Crippen LogP contribution in [0.4, 0.5) is 0 Å². The average Bonchev–Trinajstić information content (AvgIpc) is 3.33. The van der Waals surface area contributed by atoms with Crippen molar-refractivity contribution in [1.82, 2.24) is 0 Å². The second-order valence-corrected chi connectivity index (χ2v) is 32.0. The van der Waals surface area contributed by atoms with E-state index >= 15 is 0 Å². The van der Waals surface area contributed by atoms with E-state index in [9.17, 15) is 0 Å². The molecule has 92 heavy (non-hydrogen) atoms. The van der Waals surface area contributed by atoms with Gasteiger partial charge in [0.25, 0.3) is 0 Å². The van der Waals surface area contributed by atoms with Gasteiger partial charge in [-0.3, -0.25) is 0 Å². The maximum absolute atomic E-state index is 2.39. The zero-order chi connectivity index (χ0) is 73.3. The molecule has 0 aliphatic rings. The quantitative estimate of drug-likeness (QED) is 0.0533. The minimum Gasteiger partial charge on any atom is -0.0654 e. The molecule has 0 rings (SSSR count). The first kappa shape index (κ1) is 116. The number of hydrogen-bond donors (Lipinski definition) is 0. The third-order valence-electron chi connectivity index (χ3n) is 18.5. The van der Waals surface area contributed by atoms with E-state index in [0.29, 0.717) is 16.2 Å². The molecule has 0 heteroatoms. The predicted molar refractivity (Wildman–Crippen MR) is 448 cm³/mol. The molecule has 574 valence electrons. The van der Waals surface area contributed by atoms with E-state index < -0.39 is 0 Å². The van der Waals surface area contributed by atoms with Gasteiger partial charge in [-0.1, -0.05) is 543 Å². The summed E-state index contributed by atoms with van der Waals surface area (Å²) in [5.74, 6) is 3.59. The van der Waals surface area contributed by atoms with Crippen molar-refractivity contribution in [1.29, 1.82) is 0 Å². The Balaban J connectivity index is -0.0000000885. The van der Waals surface area contributed by atoms with E-state index in [1.54, 1.807) is 0 Å². The topological polar surface area (TPSA) is 0 Å². The van der Waals surface area contributed by atoms with Gasteiger partial charge in [0.2, 0.25) is 0 Å². The Morgan fingerprint density at radius 1 is 0.185 bits per heavy atom. The molecule has 0 aliphatic carbocycles. The molecule has 2 unspecified atom stereocenters. The normalized spacial score (nSPS) is 11.3. The predicted octanol–water partition coefficient (Wildman–Crippen LogP) is 37.6. The van der Waals surface area contributed by atoms with Gasteiger partial charge >= 0.3 is 0 Å². The first-order chi connectivity index (χ1) is 43.7. The molecule has 0 aliphatic heterocycles. The van der Waals surface area contributed by atoms with Gasteiger partial charge in [-0.2, -0.15) is 0 Å². The van der Waals surface area contributed by atoms with Crippen LogP contribution in [0.5, 0.6) is 0 Å². The molecule has 0 amide bonds. The van der Waals surface area contributed by atoms with Crippen LogP contribution in [-0.2, 0) is 0 Å². The summed E-state index contributed by atoms with van der Waals surface area (Å²) in [5.41, 5.74) is 1.72. The molecule has 0 fully saturated rings. The van der Waals surface area contributed by atoms with Gasteiger partial charge < -0.3 is 0 Å². The largest absolute Gasteiger partial charge is 0.0654 e. The summed E-state index contributed by atoms with van der Waals surface area (Å²) in [6.07, 6.45) is 74.4. The van der Waals surface area contributed by atoms with Crippen LogP contribution >= 0.6 is 0 Å². The fourth-order valence-corrected chi connectivity index (χ4v) is 10.1. The van der Waals surface area contributed by atoms with Gasteiger partial charge in [0, 0.05) is 0 Å². The second kappa shape index (κ2) is 107. The lowest BCUT2D eigenvalue weighted by Crippen LogP contribution is -2.14. The summed E-state index contributed by atoms with van der Waals surface area (Å²) in [7, 11) is 0. The zero-order valence-corrected chi connectivity index (χ0v) is 73.3. The summed E-state index contributed by atoms with van der Waals surface area (Å²) in [6.45, 7) is 72.8. The van der Waals surface area contributed by atoms with E-state index in [4.69, 9.17) is 0 Å². The lowest BCUT2D eigenvalue weighted by atomic mass is 9.79. The van der Waals surface area contributed by atoms with Crippen LogP contribution in [0.2, 0.25) is 0 Å². The van der Waals surface area contributed by atoms with E-state index in [1.165, 1.54) is 340 Å². The van der Waals surface area contributed by atoms with Crippen LogP contribution in [0.15, 0.2) is 0 Å². The number of rotatable bonds is 49. The van der Waals surface area contributed by atoms with Crippen molar-refractivity contribution in [2.45, 2.75) is 562 Å². The molecule has 0 saturated carbocycles. The maximum Gasteiger partial charge on any atom is -0.0352 e. The van der Waals surface area contributed by atoms with Gasteiger partial charge in [-0.05, 0) is 59.2 Å². The van der Waals surface area contributed by atoms with Gasteiger partial charge in [-0.25, -0.2) is 0 Å². The highest BCUT2D eigenvalue weighted by molar-refractivity contribution is 4.71. The van der Waals surface area contributed by atoms with Crippen LogP contribution in [-0.4, -0.2) is 0 Å². The molecule has 0 spiro atoms. The molecule has 0 N–H and O–H groups in total. The number of hydrogen-bond acceptors (Lipinski definition) is 0. The summed E-state index contributed by atoms with van der Waals surface area (Å²) >= 11 is 0. The molecule has 0 aromatic rings. The summed E-state index contributed by atoms with van der Waals surface area (Å²) in [6, 6.07) is 0. The first-order valence-corrected chi connectivity index (χ1v) is 43.7. The van der Waals surface area contributed by atoms with Gasteiger partial charge in [0.15, 0.2) is 0 Å². The van der Waals surface area contributed by atoms with E-state index in [1.807, 2.05) is 0 Å². The lowest BCUT2D eigenvalue weighted by molar-refractivity contribution is 0.251. The molecule has 0 saturated heterocycles. The molecule has 0 radical (unpaired) electrons. The highest BCUT2D eigenvalue weighted by Crippen LogP contribution is 2.32. The standard InChI is InChI=1S/C14H30.3C11H24.C9H20.C8H18.C7H16.2C6H14.C5H12.C4H10/c1-3-5-7-9-11-13-14-12-10-8-6-4-2;1-6-8-10(3)9-11(4,5)7-2;1-6-8-11(4,5)9-10(3)7-2;1-3-5-7-9-11-10-8-6-4-2;1-3-5-7-9-8-6-4-2;1-3-5-7-8-6-4-2;1-5-7(3,4)6-2;1-4-5-6(2)3;1-3-5-6-4-2;1-4-5(2)3;1-3-4-2/h3-14H2,1-2H3;2*10H,6-9H2,1-5H3;3-11H2,1-2H3;3-9H2,1-2H3;3-8H2,1-2H3;5-6H2,1-4H3;6H,4-5H2,1-3H3;3-6H2,1-2H3;5H,4H2,1-3H3;3-4H2,1-2H3. The second-order valence-electron chi connectivity index (χ2n) is 32.0. The van der Waals surface area contributed by atoms with Gasteiger partial charge in [0.1, 0.15) is 0 Å². The van der Waals surface area contributed by atoms with Crippen LogP contribution in [0.1, 0.15) is 562 Å². The van der Waals surface area contributed by atoms with Gasteiger partial charge in [-0.15, -0.1) is 0 Å². The first-order valence-electron chi connectivity index (χ1n) is 43.7. The molecule has 0 aromatic heterocycles. The smallest absolute Gasteiger partial charge is 0.0352 e. The zero-order valence-electron chi connectivity index (χ0n) is 73.3. The van der Waals surface area contributed by atoms with Crippen molar-refractivity contribution < 1.29 is 0 Å². The molecular weight excluding hydrogens is 1110 g/mol. The summed E-state index contributed by atoms with van der Waals surface area (Å²) < 4.78 is 0. The monoisotopic (exact) mass is 1310 g/mol. The Kier molecular flexibility index (Phi) is 135. The third kappa shape index (κ3) is 159. The molecule has 0 heterocycles. The van der Waals surface area contributed by atoms with E-state index in [2.05, 4.69) is 222 Å².